The van der Waals surface area contributed by atoms with Gasteiger partial charge in [-0.15, -0.1) is 0 Å². The fraction of sp³-hybridized carbons (Fsp3) is 0.929. The van der Waals surface area contributed by atoms with Crippen molar-refractivity contribution in [1.82, 2.24) is 15.5 Å². The smallest absolute Gasteiger partial charge is 0.234 e. The van der Waals surface area contributed by atoms with Crippen LogP contribution in [0.1, 0.15) is 25.7 Å². The molecule has 1 saturated heterocycles. The van der Waals surface area contributed by atoms with Crippen molar-refractivity contribution in [2.45, 2.75) is 31.7 Å². The van der Waals surface area contributed by atoms with Crippen molar-refractivity contribution in [2.24, 2.45) is 5.92 Å². The summed E-state index contributed by atoms with van der Waals surface area (Å²) in [5.41, 5.74) is 0. The molecule has 1 aliphatic carbocycles. The monoisotopic (exact) mass is 269 g/mol. The summed E-state index contributed by atoms with van der Waals surface area (Å²) >= 11 is 0. The number of rotatable bonds is 8. The quantitative estimate of drug-likeness (QED) is 0.619. The van der Waals surface area contributed by atoms with Crippen LogP contribution in [-0.4, -0.2) is 63.3 Å². The molecule has 1 aliphatic heterocycles. The third-order valence-electron chi connectivity index (χ3n) is 3.99. The second-order valence-corrected chi connectivity index (χ2v) is 5.70. The molecule has 2 N–H and O–H groups in total. The lowest BCUT2D eigenvalue weighted by Gasteiger charge is -2.29. The van der Waals surface area contributed by atoms with E-state index in [-0.39, 0.29) is 5.91 Å². The Balaban J connectivity index is 1.71. The van der Waals surface area contributed by atoms with Crippen molar-refractivity contribution >= 4 is 5.91 Å². The molecule has 0 bridgehead atoms. The summed E-state index contributed by atoms with van der Waals surface area (Å²) in [6.07, 6.45) is 5.01. The summed E-state index contributed by atoms with van der Waals surface area (Å²) in [4.78, 5) is 14.3. The van der Waals surface area contributed by atoms with E-state index in [2.05, 4.69) is 15.5 Å². The first-order valence-electron chi connectivity index (χ1n) is 7.50. The van der Waals surface area contributed by atoms with Crippen molar-refractivity contribution in [3.05, 3.63) is 0 Å². The Morgan fingerprint density at radius 1 is 1.32 bits per heavy atom. The molecule has 0 aromatic carbocycles. The Hall–Kier alpha value is -0.650. The second kappa shape index (κ2) is 7.82. The number of carbonyl (C=O) groups is 1. The molecule has 0 atom stereocenters. The number of hydrogen-bond acceptors (Lipinski definition) is 4. The Labute approximate surface area is 116 Å². The SMILES string of the molecule is COCCNC(=O)CN(CC1CCNCC1)C1CC1. The number of piperidine rings is 1. The lowest BCUT2D eigenvalue weighted by atomic mass is 9.97. The molecule has 19 heavy (non-hydrogen) atoms. The topological polar surface area (TPSA) is 53.6 Å². The van der Waals surface area contributed by atoms with Crippen LogP contribution in [0.4, 0.5) is 0 Å². The number of hydrogen-bond donors (Lipinski definition) is 2. The van der Waals surface area contributed by atoms with E-state index in [9.17, 15) is 4.79 Å². The molecular formula is C14H27N3O2. The van der Waals surface area contributed by atoms with E-state index in [0.29, 0.717) is 25.7 Å². The normalized spacial score (nSPS) is 20.7. The van der Waals surface area contributed by atoms with Crippen LogP contribution in [0.15, 0.2) is 0 Å². The third-order valence-corrected chi connectivity index (χ3v) is 3.99. The standard InChI is InChI=1S/C14H27N3O2/c1-19-9-8-16-14(18)11-17(13-2-3-13)10-12-4-6-15-7-5-12/h12-13,15H,2-11H2,1H3,(H,16,18). The average Bonchev–Trinajstić information content (AvgIpc) is 3.24. The van der Waals surface area contributed by atoms with Gasteiger partial charge in [0.05, 0.1) is 13.2 Å². The van der Waals surface area contributed by atoms with Crippen LogP contribution in [0.25, 0.3) is 0 Å². The predicted octanol–water partition coefficient (Wildman–Crippen LogP) is 0.213. The fourth-order valence-electron chi connectivity index (χ4n) is 2.71. The summed E-state index contributed by atoms with van der Waals surface area (Å²) in [6, 6.07) is 0.656. The van der Waals surface area contributed by atoms with E-state index in [1.807, 2.05) is 0 Å². The van der Waals surface area contributed by atoms with Gasteiger partial charge in [-0.2, -0.15) is 0 Å². The number of ether oxygens (including phenoxy) is 1. The minimum atomic E-state index is 0.137. The van der Waals surface area contributed by atoms with Gasteiger partial charge in [0.25, 0.3) is 0 Å². The minimum absolute atomic E-state index is 0.137. The summed E-state index contributed by atoms with van der Waals surface area (Å²) in [5.74, 6) is 0.895. The second-order valence-electron chi connectivity index (χ2n) is 5.70. The molecule has 5 heteroatoms. The van der Waals surface area contributed by atoms with E-state index >= 15 is 0 Å². The van der Waals surface area contributed by atoms with Crippen molar-refractivity contribution < 1.29 is 9.53 Å². The molecular weight excluding hydrogens is 242 g/mol. The highest BCUT2D eigenvalue weighted by Gasteiger charge is 2.31. The Morgan fingerprint density at radius 2 is 2.05 bits per heavy atom. The van der Waals surface area contributed by atoms with Crippen LogP contribution in [-0.2, 0) is 9.53 Å². The van der Waals surface area contributed by atoms with Gasteiger partial charge in [-0.3, -0.25) is 9.69 Å². The number of nitrogens with zero attached hydrogens (tertiary/aromatic N) is 1. The fourth-order valence-corrected chi connectivity index (χ4v) is 2.71. The van der Waals surface area contributed by atoms with Crippen LogP contribution in [0.2, 0.25) is 0 Å². The summed E-state index contributed by atoms with van der Waals surface area (Å²) in [7, 11) is 1.65. The average molecular weight is 269 g/mol. The zero-order chi connectivity index (χ0) is 13.5. The lowest BCUT2D eigenvalue weighted by Crippen LogP contribution is -2.43. The van der Waals surface area contributed by atoms with Gasteiger partial charge in [-0.25, -0.2) is 0 Å². The Morgan fingerprint density at radius 3 is 2.68 bits per heavy atom. The molecule has 2 aliphatic rings. The molecule has 2 fully saturated rings. The highest BCUT2D eigenvalue weighted by Crippen LogP contribution is 2.28. The van der Waals surface area contributed by atoms with Gasteiger partial charge in [0.1, 0.15) is 0 Å². The predicted molar refractivity (Wildman–Crippen MR) is 75.1 cm³/mol. The van der Waals surface area contributed by atoms with E-state index in [4.69, 9.17) is 4.74 Å². The first-order valence-corrected chi connectivity index (χ1v) is 7.50. The molecule has 0 aromatic heterocycles. The van der Waals surface area contributed by atoms with Crippen LogP contribution in [0, 0.1) is 5.92 Å². The molecule has 1 amide bonds. The first kappa shape index (κ1) is 14.8. The third kappa shape index (κ3) is 5.47. The zero-order valence-corrected chi connectivity index (χ0v) is 12.0. The molecule has 110 valence electrons. The van der Waals surface area contributed by atoms with Gasteiger partial charge in [0.15, 0.2) is 0 Å². The molecule has 2 rings (SSSR count). The summed E-state index contributed by atoms with van der Waals surface area (Å²) in [6.45, 7) is 5.10. The molecule has 1 saturated carbocycles. The van der Waals surface area contributed by atoms with Gasteiger partial charge >= 0.3 is 0 Å². The van der Waals surface area contributed by atoms with Crippen LogP contribution >= 0.6 is 0 Å². The van der Waals surface area contributed by atoms with E-state index in [1.54, 1.807) is 7.11 Å². The Kier molecular flexibility index (Phi) is 6.07. The summed E-state index contributed by atoms with van der Waals surface area (Å²) < 4.78 is 4.94. The number of amides is 1. The van der Waals surface area contributed by atoms with Crippen molar-refractivity contribution in [1.29, 1.82) is 0 Å². The molecule has 0 unspecified atom stereocenters. The van der Waals surface area contributed by atoms with E-state index < -0.39 is 0 Å². The van der Waals surface area contributed by atoms with Crippen molar-refractivity contribution in [3.8, 4) is 0 Å². The number of nitrogens with one attached hydrogen (secondary N) is 2. The Bertz CT molecular complexity index is 276. The first-order chi connectivity index (χ1) is 9.29. The molecule has 0 aromatic rings. The maximum atomic E-state index is 11.9. The van der Waals surface area contributed by atoms with Crippen LogP contribution in [0.3, 0.4) is 0 Å². The molecule has 5 nitrogen and oxygen atoms in total. The lowest BCUT2D eigenvalue weighted by molar-refractivity contribution is -0.122. The van der Waals surface area contributed by atoms with Crippen molar-refractivity contribution in [2.75, 3.05) is 46.4 Å². The highest BCUT2D eigenvalue weighted by molar-refractivity contribution is 5.78. The maximum absolute atomic E-state index is 11.9. The number of methoxy groups -OCH3 is 1. The van der Waals surface area contributed by atoms with Gasteiger partial charge in [0.2, 0.25) is 5.91 Å². The van der Waals surface area contributed by atoms with Gasteiger partial charge in [0, 0.05) is 26.2 Å². The van der Waals surface area contributed by atoms with Crippen LogP contribution in [0.5, 0.6) is 0 Å². The molecule has 0 spiro atoms. The van der Waals surface area contributed by atoms with E-state index in [1.165, 1.54) is 25.7 Å². The summed E-state index contributed by atoms with van der Waals surface area (Å²) in [5, 5.41) is 6.31. The molecule has 1 heterocycles. The van der Waals surface area contributed by atoms with Gasteiger partial charge in [-0.1, -0.05) is 0 Å². The zero-order valence-electron chi connectivity index (χ0n) is 12.0. The van der Waals surface area contributed by atoms with E-state index in [0.717, 1.165) is 25.6 Å². The van der Waals surface area contributed by atoms with Gasteiger partial charge < -0.3 is 15.4 Å². The minimum Gasteiger partial charge on any atom is -0.383 e. The van der Waals surface area contributed by atoms with Crippen LogP contribution < -0.4 is 10.6 Å². The molecule has 0 radical (unpaired) electrons. The largest absolute Gasteiger partial charge is 0.383 e. The maximum Gasteiger partial charge on any atom is 0.234 e. The van der Waals surface area contributed by atoms with Crippen molar-refractivity contribution in [3.63, 3.8) is 0 Å². The van der Waals surface area contributed by atoms with Gasteiger partial charge in [-0.05, 0) is 44.7 Å². The highest BCUT2D eigenvalue weighted by atomic mass is 16.5. The number of carbonyl (C=O) groups excluding carboxylic acids is 1.